The van der Waals surface area contributed by atoms with Crippen LogP contribution >= 0.6 is 11.8 Å². The fraction of sp³-hybridized carbons (Fsp3) is 0.909. The summed E-state index contributed by atoms with van der Waals surface area (Å²) < 4.78 is 0.215. The Balaban J connectivity index is 2.56. The highest BCUT2D eigenvalue weighted by molar-refractivity contribution is 8.00. The Hall–Kier alpha value is -0.260. The minimum absolute atomic E-state index is 0.0994. The number of nitrogens with zero attached hydrogens (tertiary/aromatic N) is 1. The molecule has 0 aromatic rings. The van der Waals surface area contributed by atoms with Gasteiger partial charge in [0.2, 0.25) is 5.91 Å². The van der Waals surface area contributed by atoms with Crippen LogP contribution in [0.15, 0.2) is 0 Å². The molecule has 0 aliphatic carbocycles. The Labute approximate surface area is 102 Å². The molecule has 5 heteroatoms. The first-order valence-electron chi connectivity index (χ1n) is 5.87. The predicted molar refractivity (Wildman–Crippen MR) is 69.4 cm³/mol. The highest BCUT2D eigenvalue weighted by Gasteiger charge is 2.35. The van der Waals surface area contributed by atoms with E-state index in [1.807, 2.05) is 18.7 Å². The summed E-state index contributed by atoms with van der Waals surface area (Å²) in [7, 11) is 0. The first-order valence-corrected chi connectivity index (χ1v) is 7.09. The lowest BCUT2D eigenvalue weighted by Crippen LogP contribution is -2.53. The molecule has 94 valence electrons. The van der Waals surface area contributed by atoms with Gasteiger partial charge in [-0.05, 0) is 25.5 Å². The van der Waals surface area contributed by atoms with Gasteiger partial charge in [0, 0.05) is 24.4 Å². The number of piperidine rings is 1. The molecule has 1 amide bonds. The van der Waals surface area contributed by atoms with Gasteiger partial charge in [-0.3, -0.25) is 9.69 Å². The monoisotopic (exact) mass is 245 g/mol. The fourth-order valence-corrected chi connectivity index (χ4v) is 3.13. The largest absolute Gasteiger partial charge is 0.368 e. The molecule has 16 heavy (non-hydrogen) atoms. The van der Waals surface area contributed by atoms with Gasteiger partial charge in [0.15, 0.2) is 0 Å². The van der Waals surface area contributed by atoms with Crippen LogP contribution in [0.1, 0.15) is 26.2 Å². The predicted octanol–water partition coefficient (Wildman–Crippen LogP) is 0.407. The van der Waals surface area contributed by atoms with Crippen LogP contribution in [0.2, 0.25) is 0 Å². The topological polar surface area (TPSA) is 72.4 Å². The van der Waals surface area contributed by atoms with Crippen molar-refractivity contribution >= 4 is 17.7 Å². The quantitative estimate of drug-likeness (QED) is 0.736. The number of primary amides is 1. The van der Waals surface area contributed by atoms with Crippen molar-refractivity contribution in [3.63, 3.8) is 0 Å². The minimum atomic E-state index is -0.202. The van der Waals surface area contributed by atoms with Gasteiger partial charge in [0.05, 0.1) is 6.04 Å². The van der Waals surface area contributed by atoms with Crippen LogP contribution in [0.4, 0.5) is 0 Å². The summed E-state index contributed by atoms with van der Waals surface area (Å²) in [6.45, 7) is 4.59. The van der Waals surface area contributed by atoms with E-state index >= 15 is 0 Å². The molecule has 4 nitrogen and oxygen atoms in total. The van der Waals surface area contributed by atoms with Gasteiger partial charge in [-0.2, -0.15) is 11.8 Å². The van der Waals surface area contributed by atoms with Crippen LogP contribution in [0.25, 0.3) is 0 Å². The maximum atomic E-state index is 11.3. The molecule has 0 saturated carbocycles. The van der Waals surface area contributed by atoms with Gasteiger partial charge in [-0.1, -0.05) is 6.92 Å². The van der Waals surface area contributed by atoms with E-state index in [2.05, 4.69) is 11.2 Å². The zero-order valence-corrected chi connectivity index (χ0v) is 11.1. The molecule has 1 atom stereocenters. The second kappa shape index (κ2) is 5.89. The van der Waals surface area contributed by atoms with Crippen molar-refractivity contribution in [3.05, 3.63) is 0 Å². The van der Waals surface area contributed by atoms with Crippen molar-refractivity contribution in [2.24, 2.45) is 11.5 Å². The van der Waals surface area contributed by atoms with E-state index in [1.165, 1.54) is 0 Å². The first kappa shape index (κ1) is 13.8. The third-order valence-corrected chi connectivity index (χ3v) is 5.11. The number of likely N-dealkylation sites (tertiary alicyclic amines) is 1. The zero-order chi connectivity index (χ0) is 12.2. The van der Waals surface area contributed by atoms with Crippen molar-refractivity contribution < 1.29 is 4.79 Å². The van der Waals surface area contributed by atoms with E-state index in [4.69, 9.17) is 11.5 Å². The minimum Gasteiger partial charge on any atom is -0.368 e. The first-order chi connectivity index (χ1) is 7.58. The summed E-state index contributed by atoms with van der Waals surface area (Å²) in [5, 5.41) is 0. The van der Waals surface area contributed by atoms with Crippen molar-refractivity contribution in [1.82, 2.24) is 4.90 Å². The molecule has 1 aliphatic rings. The summed E-state index contributed by atoms with van der Waals surface area (Å²) in [4.78, 5) is 13.5. The maximum Gasteiger partial charge on any atom is 0.234 e. The third-order valence-electron chi connectivity index (χ3n) is 3.67. The molecular weight excluding hydrogens is 222 g/mol. The van der Waals surface area contributed by atoms with Crippen LogP contribution in [-0.4, -0.2) is 47.5 Å². The van der Waals surface area contributed by atoms with Crippen molar-refractivity contribution in [3.8, 4) is 0 Å². The normalized spacial score (nSPS) is 22.9. The molecule has 0 aromatic heterocycles. The van der Waals surface area contributed by atoms with Crippen molar-refractivity contribution in [1.29, 1.82) is 0 Å². The van der Waals surface area contributed by atoms with Gasteiger partial charge in [0.25, 0.3) is 0 Å². The van der Waals surface area contributed by atoms with Crippen LogP contribution < -0.4 is 11.5 Å². The number of hydrogen-bond acceptors (Lipinski definition) is 4. The molecule has 1 aliphatic heterocycles. The van der Waals surface area contributed by atoms with Gasteiger partial charge >= 0.3 is 0 Å². The van der Waals surface area contributed by atoms with Crippen LogP contribution in [-0.2, 0) is 4.79 Å². The molecule has 1 rings (SSSR count). The summed E-state index contributed by atoms with van der Waals surface area (Å²) in [5.74, 6) is -0.202. The highest BCUT2D eigenvalue weighted by atomic mass is 32.2. The van der Waals surface area contributed by atoms with Crippen molar-refractivity contribution in [2.75, 3.05) is 25.9 Å². The summed E-state index contributed by atoms with van der Waals surface area (Å²) >= 11 is 1.86. The van der Waals surface area contributed by atoms with E-state index in [0.717, 1.165) is 38.9 Å². The van der Waals surface area contributed by atoms with Crippen LogP contribution in [0.5, 0.6) is 0 Å². The standard InChI is InChI=1S/C11H23N3OS/c1-3-9(10(13)15)14-6-4-11(8-12,16-2)5-7-14/h9H,3-8,12H2,1-2H3,(H2,13,15). The molecule has 4 N–H and O–H groups in total. The van der Waals surface area contributed by atoms with E-state index in [0.29, 0.717) is 0 Å². The summed E-state index contributed by atoms with van der Waals surface area (Å²) in [6.07, 6.45) is 5.01. The lowest BCUT2D eigenvalue weighted by Gasteiger charge is -2.42. The van der Waals surface area contributed by atoms with E-state index < -0.39 is 0 Å². The Morgan fingerprint density at radius 1 is 1.50 bits per heavy atom. The number of carbonyl (C=O) groups is 1. The SMILES string of the molecule is CCC(C(N)=O)N1CCC(CN)(SC)CC1. The highest BCUT2D eigenvalue weighted by Crippen LogP contribution is 2.34. The average Bonchev–Trinajstić information content (AvgIpc) is 2.31. The van der Waals surface area contributed by atoms with E-state index in [1.54, 1.807) is 0 Å². The number of carbonyl (C=O) groups excluding carboxylic acids is 1. The second-order valence-electron chi connectivity index (χ2n) is 4.45. The Morgan fingerprint density at radius 2 is 2.06 bits per heavy atom. The molecule has 0 radical (unpaired) electrons. The molecule has 0 aromatic carbocycles. The number of amides is 1. The van der Waals surface area contributed by atoms with Crippen LogP contribution in [0.3, 0.4) is 0 Å². The molecule has 1 unspecified atom stereocenters. The lowest BCUT2D eigenvalue weighted by molar-refractivity contribution is -0.123. The van der Waals surface area contributed by atoms with Crippen LogP contribution in [0, 0.1) is 0 Å². The molecule has 1 fully saturated rings. The molecule has 0 spiro atoms. The third kappa shape index (κ3) is 2.90. The Morgan fingerprint density at radius 3 is 2.38 bits per heavy atom. The molecule has 1 heterocycles. The smallest absolute Gasteiger partial charge is 0.234 e. The Kier molecular flexibility index (Phi) is 5.08. The Bertz CT molecular complexity index is 233. The number of thioether (sulfide) groups is 1. The molecule has 0 bridgehead atoms. The van der Waals surface area contributed by atoms with E-state index in [-0.39, 0.29) is 16.7 Å². The summed E-state index contributed by atoms with van der Waals surface area (Å²) in [6, 6.07) is -0.0994. The fourth-order valence-electron chi connectivity index (χ4n) is 2.37. The van der Waals surface area contributed by atoms with Gasteiger partial charge in [0.1, 0.15) is 0 Å². The number of rotatable bonds is 5. The van der Waals surface area contributed by atoms with Crippen molar-refractivity contribution in [2.45, 2.75) is 37.0 Å². The summed E-state index contributed by atoms with van der Waals surface area (Å²) in [5.41, 5.74) is 11.2. The molecular formula is C11H23N3OS. The average molecular weight is 245 g/mol. The van der Waals surface area contributed by atoms with Gasteiger partial charge in [-0.25, -0.2) is 0 Å². The lowest BCUT2D eigenvalue weighted by atomic mass is 9.94. The number of hydrogen-bond donors (Lipinski definition) is 2. The zero-order valence-electron chi connectivity index (χ0n) is 10.2. The van der Waals surface area contributed by atoms with Gasteiger partial charge in [-0.15, -0.1) is 0 Å². The number of nitrogens with two attached hydrogens (primary N) is 2. The second-order valence-corrected chi connectivity index (χ2v) is 5.73. The van der Waals surface area contributed by atoms with E-state index in [9.17, 15) is 4.79 Å². The maximum absolute atomic E-state index is 11.3. The molecule has 1 saturated heterocycles. The van der Waals surface area contributed by atoms with Gasteiger partial charge < -0.3 is 11.5 Å².